The number of hydrogen-bond donors (Lipinski definition) is 1. The van der Waals surface area contributed by atoms with Gasteiger partial charge in [0.1, 0.15) is 0 Å². The van der Waals surface area contributed by atoms with Crippen LogP contribution in [0.2, 0.25) is 0 Å². The standard InChI is InChI=1S/C32H48N/c1-3-5-7-9-11-13-15-17-19-27-21-23-31-29(25-27)30-26-28(22-24-32(30)33-31)20-18-16-14-12-10-8-6-4-2/h21-23,25-26,33H,3-20H2,1-2H3. The molecule has 0 saturated heterocycles. The molecule has 0 spiro atoms. The lowest BCUT2D eigenvalue weighted by Gasteiger charge is -2.04. The van der Waals surface area contributed by atoms with Crippen molar-refractivity contribution in [1.29, 1.82) is 0 Å². The van der Waals surface area contributed by atoms with Crippen molar-refractivity contribution in [3.8, 4) is 0 Å². The van der Waals surface area contributed by atoms with E-state index in [-0.39, 0.29) is 0 Å². The van der Waals surface area contributed by atoms with E-state index in [1.54, 1.807) is 0 Å². The topological polar surface area (TPSA) is 15.8 Å². The third-order valence-corrected chi connectivity index (χ3v) is 7.27. The minimum atomic E-state index is 1.16. The van der Waals surface area contributed by atoms with Gasteiger partial charge in [0.15, 0.2) is 0 Å². The Kier molecular flexibility index (Phi) is 11.9. The molecule has 1 radical (unpaired) electrons. The highest BCUT2D eigenvalue weighted by molar-refractivity contribution is 6.07. The summed E-state index contributed by atoms with van der Waals surface area (Å²) in [5, 5.41) is 2.75. The zero-order chi connectivity index (χ0) is 23.1. The molecule has 3 aromatic rings. The number of rotatable bonds is 18. The Morgan fingerprint density at radius 1 is 0.576 bits per heavy atom. The zero-order valence-corrected chi connectivity index (χ0v) is 21.6. The van der Waals surface area contributed by atoms with Gasteiger partial charge in [-0.05, 0) is 61.1 Å². The molecule has 1 heteroatoms. The van der Waals surface area contributed by atoms with Crippen LogP contribution in [0.5, 0.6) is 0 Å². The van der Waals surface area contributed by atoms with Crippen molar-refractivity contribution in [3.63, 3.8) is 0 Å². The number of benzene rings is 2. The van der Waals surface area contributed by atoms with E-state index in [1.807, 2.05) is 0 Å². The molecule has 0 aliphatic carbocycles. The molecule has 2 aromatic carbocycles. The van der Waals surface area contributed by atoms with E-state index >= 15 is 0 Å². The van der Waals surface area contributed by atoms with Gasteiger partial charge in [-0.3, -0.25) is 0 Å². The molecule has 1 aromatic heterocycles. The molecular formula is C32H48N. The van der Waals surface area contributed by atoms with Crippen LogP contribution in [0.25, 0.3) is 21.8 Å². The fourth-order valence-corrected chi connectivity index (χ4v) is 5.14. The van der Waals surface area contributed by atoms with Gasteiger partial charge < -0.3 is 4.98 Å². The van der Waals surface area contributed by atoms with Gasteiger partial charge in [0.25, 0.3) is 0 Å². The average molecular weight is 447 g/mol. The number of aromatic nitrogens is 1. The largest absolute Gasteiger partial charge is 0.354 e. The van der Waals surface area contributed by atoms with Crippen molar-refractivity contribution >= 4 is 21.8 Å². The molecule has 0 saturated carbocycles. The number of H-pyrrole nitrogens is 1. The number of unbranched alkanes of at least 4 members (excludes halogenated alkanes) is 14. The monoisotopic (exact) mass is 446 g/mol. The first-order chi connectivity index (χ1) is 16.3. The number of aryl methyl sites for hydroxylation is 2. The number of fused-ring (bicyclic) bond motifs is 3. The minimum absolute atomic E-state index is 1.16. The molecular weight excluding hydrogens is 398 g/mol. The SMILES string of the molecule is CCCCCCCCCCc1c[c]c2[nH]c3ccc(CCCCCCCCCC)cc3c2c1. The van der Waals surface area contributed by atoms with Gasteiger partial charge in [-0.2, -0.15) is 0 Å². The van der Waals surface area contributed by atoms with Crippen LogP contribution in [0.15, 0.2) is 30.3 Å². The van der Waals surface area contributed by atoms with Crippen molar-refractivity contribution in [1.82, 2.24) is 4.98 Å². The van der Waals surface area contributed by atoms with Gasteiger partial charge >= 0.3 is 0 Å². The lowest BCUT2D eigenvalue weighted by Crippen LogP contribution is -1.87. The second-order valence-corrected chi connectivity index (χ2v) is 10.3. The number of aromatic amines is 1. The van der Waals surface area contributed by atoms with E-state index in [0.717, 1.165) is 5.52 Å². The van der Waals surface area contributed by atoms with E-state index < -0.39 is 0 Å². The van der Waals surface area contributed by atoms with Crippen LogP contribution >= 0.6 is 0 Å². The lowest BCUT2D eigenvalue weighted by molar-refractivity contribution is 0.575. The molecule has 1 nitrogen and oxygen atoms in total. The van der Waals surface area contributed by atoms with E-state index in [1.165, 1.54) is 143 Å². The maximum Gasteiger partial charge on any atom is 0.0545 e. The maximum atomic E-state index is 3.58. The molecule has 0 aliphatic rings. The van der Waals surface area contributed by atoms with E-state index in [9.17, 15) is 0 Å². The normalized spacial score (nSPS) is 11.7. The molecule has 0 atom stereocenters. The summed E-state index contributed by atoms with van der Waals surface area (Å²) in [5.41, 5.74) is 5.35. The maximum absolute atomic E-state index is 3.58. The fourth-order valence-electron chi connectivity index (χ4n) is 5.14. The molecule has 1 heterocycles. The summed E-state index contributed by atoms with van der Waals surface area (Å²) in [7, 11) is 0. The highest BCUT2D eigenvalue weighted by Gasteiger charge is 2.07. The van der Waals surface area contributed by atoms with Gasteiger partial charge in [0.2, 0.25) is 0 Å². The van der Waals surface area contributed by atoms with E-state index in [4.69, 9.17) is 0 Å². The van der Waals surface area contributed by atoms with Gasteiger partial charge in [0, 0.05) is 22.4 Å². The van der Waals surface area contributed by atoms with E-state index in [2.05, 4.69) is 55.2 Å². The Labute approximate surface area is 203 Å². The molecule has 0 amide bonds. The molecule has 0 aliphatic heterocycles. The molecule has 0 bridgehead atoms. The molecule has 0 fully saturated rings. The Balaban J connectivity index is 1.47. The fraction of sp³-hybridized carbons (Fsp3) is 0.625. The van der Waals surface area contributed by atoms with E-state index in [0.29, 0.717) is 0 Å². The molecule has 33 heavy (non-hydrogen) atoms. The predicted octanol–water partition coefficient (Wildman–Crippen LogP) is 10.5. The Hall–Kier alpha value is -1.76. The third kappa shape index (κ3) is 8.84. The first-order valence-electron chi connectivity index (χ1n) is 14.3. The Bertz CT molecular complexity index is 845. The molecule has 0 unspecified atom stereocenters. The second-order valence-electron chi connectivity index (χ2n) is 10.3. The number of nitrogens with one attached hydrogen (secondary N) is 1. The smallest absolute Gasteiger partial charge is 0.0545 e. The van der Waals surface area contributed by atoms with Crippen molar-refractivity contribution in [2.24, 2.45) is 0 Å². The summed E-state index contributed by atoms with van der Waals surface area (Å²) < 4.78 is 0. The summed E-state index contributed by atoms with van der Waals surface area (Å²) in [6, 6.07) is 15.2. The lowest BCUT2D eigenvalue weighted by atomic mass is 10.0. The summed E-state index contributed by atoms with van der Waals surface area (Å²) in [6.45, 7) is 4.58. The highest BCUT2D eigenvalue weighted by atomic mass is 14.7. The van der Waals surface area contributed by atoms with Crippen molar-refractivity contribution < 1.29 is 0 Å². The van der Waals surface area contributed by atoms with Gasteiger partial charge in [-0.1, -0.05) is 110 Å². The van der Waals surface area contributed by atoms with Gasteiger partial charge in [0.05, 0.1) is 5.52 Å². The molecule has 3 rings (SSSR count). The summed E-state index contributed by atoms with van der Waals surface area (Å²) in [4.78, 5) is 3.58. The summed E-state index contributed by atoms with van der Waals surface area (Å²) >= 11 is 0. The number of hydrogen-bond acceptors (Lipinski definition) is 0. The van der Waals surface area contributed by atoms with Crippen molar-refractivity contribution in [2.75, 3.05) is 0 Å². The third-order valence-electron chi connectivity index (χ3n) is 7.27. The van der Waals surface area contributed by atoms with Crippen LogP contribution in [0.1, 0.15) is 128 Å². The zero-order valence-electron chi connectivity index (χ0n) is 21.6. The first kappa shape index (κ1) is 25.9. The van der Waals surface area contributed by atoms with Crippen molar-refractivity contribution in [3.05, 3.63) is 47.5 Å². The van der Waals surface area contributed by atoms with Crippen LogP contribution in [-0.2, 0) is 12.8 Å². The Morgan fingerprint density at radius 3 is 1.70 bits per heavy atom. The van der Waals surface area contributed by atoms with Crippen LogP contribution in [-0.4, -0.2) is 4.98 Å². The van der Waals surface area contributed by atoms with Gasteiger partial charge in [-0.15, -0.1) is 0 Å². The molecule has 181 valence electrons. The summed E-state index contributed by atoms with van der Waals surface area (Å²) in [5.74, 6) is 0. The van der Waals surface area contributed by atoms with Crippen LogP contribution < -0.4 is 0 Å². The van der Waals surface area contributed by atoms with Gasteiger partial charge in [-0.25, -0.2) is 0 Å². The highest BCUT2D eigenvalue weighted by Crippen LogP contribution is 2.28. The average Bonchev–Trinajstić information content (AvgIpc) is 3.20. The Morgan fingerprint density at radius 2 is 1.09 bits per heavy atom. The van der Waals surface area contributed by atoms with Crippen LogP contribution in [0, 0.1) is 6.07 Å². The first-order valence-corrected chi connectivity index (χ1v) is 14.3. The molecule has 1 N–H and O–H groups in total. The second kappa shape index (κ2) is 15.2. The predicted molar refractivity (Wildman–Crippen MR) is 147 cm³/mol. The minimum Gasteiger partial charge on any atom is -0.354 e. The quantitative estimate of drug-likeness (QED) is 0.187. The summed E-state index contributed by atoms with van der Waals surface area (Å²) in [6.07, 6.45) is 24.5. The van der Waals surface area contributed by atoms with Crippen LogP contribution in [0.3, 0.4) is 0 Å². The van der Waals surface area contributed by atoms with Crippen LogP contribution in [0.4, 0.5) is 0 Å². The van der Waals surface area contributed by atoms with Crippen molar-refractivity contribution in [2.45, 2.75) is 129 Å².